The van der Waals surface area contributed by atoms with Crippen LogP contribution in [0.15, 0.2) is 58.6 Å². The third-order valence-electron chi connectivity index (χ3n) is 5.65. The molecule has 3 heterocycles. The number of amides is 1. The predicted octanol–water partition coefficient (Wildman–Crippen LogP) is 4.01. The molecule has 2 aromatic carbocycles. The highest BCUT2D eigenvalue weighted by molar-refractivity contribution is 7.99. The van der Waals surface area contributed by atoms with E-state index in [4.69, 9.17) is 0 Å². The Bertz CT molecular complexity index is 1410. The zero-order valence-corrected chi connectivity index (χ0v) is 18.3. The lowest BCUT2D eigenvalue weighted by Gasteiger charge is -2.14. The van der Waals surface area contributed by atoms with Crippen molar-refractivity contribution >= 4 is 34.4 Å². The van der Waals surface area contributed by atoms with Gasteiger partial charge < -0.3 is 5.32 Å². The summed E-state index contributed by atoms with van der Waals surface area (Å²) in [4.78, 5) is 30.5. The first-order valence-corrected chi connectivity index (χ1v) is 11.2. The first-order valence-electron chi connectivity index (χ1n) is 10.2. The Morgan fingerprint density at radius 2 is 1.97 bits per heavy atom. The smallest absolute Gasteiger partial charge is 0.265 e. The topological polar surface area (TPSA) is 81.8 Å². The van der Waals surface area contributed by atoms with Crippen LogP contribution >= 0.6 is 11.8 Å². The number of fused-ring (bicyclic) bond motifs is 2. The number of carbonyl (C=O) groups excluding carboxylic acids is 1. The molecule has 0 bridgehead atoms. The Morgan fingerprint density at radius 1 is 1.19 bits per heavy atom. The zero-order chi connectivity index (χ0) is 22.4. The molecule has 0 saturated heterocycles. The Balaban J connectivity index is 1.43. The number of thioether (sulfide) groups is 1. The Kier molecular flexibility index (Phi) is 5.05. The van der Waals surface area contributed by atoms with Crippen LogP contribution in [0.4, 0.5) is 10.1 Å². The third kappa shape index (κ3) is 3.58. The number of hydrogen-bond acceptors (Lipinski definition) is 5. The molecule has 5 rings (SSSR count). The van der Waals surface area contributed by atoms with Gasteiger partial charge in [0.15, 0.2) is 10.8 Å². The zero-order valence-electron chi connectivity index (χ0n) is 17.5. The lowest BCUT2D eigenvalue weighted by molar-refractivity contribution is -0.116. The van der Waals surface area contributed by atoms with Gasteiger partial charge in [-0.1, -0.05) is 17.8 Å². The van der Waals surface area contributed by atoms with E-state index in [9.17, 15) is 14.0 Å². The standard InChI is InChI=1S/C23H20FN5O2S/c1-13-3-6-16(9-14(13)2)26-20(30)10-18-12-32-23-27-21-19(22(31)28(18)23)11-25-29(21)17-7-4-15(24)5-8-17/h3-9,11,18H,10,12H2,1-2H3,(H,26,30). The fourth-order valence-electron chi connectivity index (χ4n) is 3.80. The molecule has 0 fully saturated rings. The van der Waals surface area contributed by atoms with E-state index in [0.29, 0.717) is 27.6 Å². The van der Waals surface area contributed by atoms with E-state index in [1.165, 1.54) is 34.8 Å². The number of rotatable bonds is 4. The van der Waals surface area contributed by atoms with Gasteiger partial charge in [-0.3, -0.25) is 14.2 Å². The Hall–Kier alpha value is -3.46. The van der Waals surface area contributed by atoms with Crippen LogP contribution < -0.4 is 10.9 Å². The minimum atomic E-state index is -0.350. The maximum atomic E-state index is 13.3. The van der Waals surface area contributed by atoms with Gasteiger partial charge in [-0.05, 0) is 61.4 Å². The first-order chi connectivity index (χ1) is 15.4. The van der Waals surface area contributed by atoms with Crippen LogP contribution in [0.5, 0.6) is 0 Å². The van der Waals surface area contributed by atoms with Crippen molar-refractivity contribution in [2.45, 2.75) is 31.5 Å². The summed E-state index contributed by atoms with van der Waals surface area (Å²) >= 11 is 1.44. The number of hydrogen-bond donors (Lipinski definition) is 1. The molecule has 0 spiro atoms. The Labute approximate surface area is 187 Å². The van der Waals surface area contributed by atoms with Gasteiger partial charge in [-0.15, -0.1) is 0 Å². The van der Waals surface area contributed by atoms with Crippen LogP contribution in [0, 0.1) is 19.7 Å². The monoisotopic (exact) mass is 449 g/mol. The average molecular weight is 450 g/mol. The van der Waals surface area contributed by atoms with Gasteiger partial charge in [-0.25, -0.2) is 14.1 Å². The average Bonchev–Trinajstić information content (AvgIpc) is 3.36. The number of nitrogens with one attached hydrogen (secondary N) is 1. The van der Waals surface area contributed by atoms with Crippen molar-refractivity contribution in [3.8, 4) is 5.69 Å². The molecule has 1 aliphatic rings. The molecular formula is C23H20FN5O2S. The number of halogens is 1. The number of benzene rings is 2. The number of aromatic nitrogens is 4. The van der Waals surface area contributed by atoms with Crippen LogP contribution in [0.1, 0.15) is 23.6 Å². The normalized spacial score (nSPS) is 15.2. The summed E-state index contributed by atoms with van der Waals surface area (Å²) in [5.41, 5.74) is 3.81. The van der Waals surface area contributed by atoms with E-state index < -0.39 is 0 Å². The number of carbonyl (C=O) groups is 1. The van der Waals surface area contributed by atoms with Gasteiger partial charge in [0.1, 0.15) is 11.2 Å². The molecule has 7 nitrogen and oxygen atoms in total. The molecule has 1 amide bonds. The minimum absolute atomic E-state index is 0.152. The SMILES string of the molecule is Cc1ccc(NC(=O)CC2CSc3nc4c(cnn4-c4ccc(F)cc4)c(=O)n32)cc1C. The molecule has 0 saturated carbocycles. The second kappa shape index (κ2) is 7.90. The summed E-state index contributed by atoms with van der Waals surface area (Å²) < 4.78 is 16.4. The van der Waals surface area contributed by atoms with Crippen LogP contribution in [0.3, 0.4) is 0 Å². The molecule has 32 heavy (non-hydrogen) atoms. The summed E-state index contributed by atoms with van der Waals surface area (Å²) in [6.45, 7) is 4.02. The molecule has 1 unspecified atom stereocenters. The lowest BCUT2D eigenvalue weighted by atomic mass is 10.1. The van der Waals surface area contributed by atoms with E-state index in [1.807, 2.05) is 32.0 Å². The fraction of sp³-hybridized carbons (Fsp3) is 0.217. The van der Waals surface area contributed by atoms with Crippen molar-refractivity contribution in [2.75, 3.05) is 11.1 Å². The van der Waals surface area contributed by atoms with E-state index in [0.717, 1.165) is 16.8 Å². The largest absolute Gasteiger partial charge is 0.326 e. The summed E-state index contributed by atoms with van der Waals surface area (Å²) in [6.07, 6.45) is 1.64. The predicted molar refractivity (Wildman–Crippen MR) is 122 cm³/mol. The molecule has 4 aromatic rings. The summed E-state index contributed by atoms with van der Waals surface area (Å²) in [7, 11) is 0. The lowest BCUT2D eigenvalue weighted by Crippen LogP contribution is -2.27. The number of anilines is 1. The summed E-state index contributed by atoms with van der Waals surface area (Å²) in [6, 6.07) is 11.3. The molecule has 1 atom stereocenters. The van der Waals surface area contributed by atoms with Crippen molar-refractivity contribution in [2.24, 2.45) is 0 Å². The highest BCUT2D eigenvalue weighted by atomic mass is 32.2. The molecule has 1 N–H and O–H groups in total. The maximum absolute atomic E-state index is 13.3. The van der Waals surface area contributed by atoms with Gasteiger partial charge in [0.25, 0.3) is 5.56 Å². The highest BCUT2D eigenvalue weighted by Gasteiger charge is 2.29. The van der Waals surface area contributed by atoms with Gasteiger partial charge >= 0.3 is 0 Å². The second-order valence-corrected chi connectivity index (χ2v) is 8.84. The van der Waals surface area contributed by atoms with E-state index in [1.54, 1.807) is 16.7 Å². The molecule has 162 valence electrons. The molecule has 1 aliphatic heterocycles. The van der Waals surface area contributed by atoms with Crippen molar-refractivity contribution in [3.63, 3.8) is 0 Å². The molecule has 0 radical (unpaired) electrons. The van der Waals surface area contributed by atoms with Crippen molar-refractivity contribution in [1.29, 1.82) is 0 Å². The molecule has 9 heteroatoms. The van der Waals surface area contributed by atoms with Gasteiger partial charge in [-0.2, -0.15) is 5.10 Å². The van der Waals surface area contributed by atoms with Gasteiger partial charge in [0, 0.05) is 17.9 Å². The maximum Gasteiger partial charge on any atom is 0.265 e. The van der Waals surface area contributed by atoms with Crippen LogP contribution in [0.25, 0.3) is 16.7 Å². The van der Waals surface area contributed by atoms with E-state index in [-0.39, 0.29) is 29.7 Å². The van der Waals surface area contributed by atoms with Crippen molar-refractivity contribution in [3.05, 3.63) is 76.0 Å². The quantitative estimate of drug-likeness (QED) is 0.476. The van der Waals surface area contributed by atoms with Gasteiger partial charge in [0.2, 0.25) is 5.91 Å². The number of aryl methyl sites for hydroxylation is 2. The van der Waals surface area contributed by atoms with Gasteiger partial charge in [0.05, 0.1) is 17.9 Å². The highest BCUT2D eigenvalue weighted by Crippen LogP contribution is 2.33. The van der Waals surface area contributed by atoms with Crippen molar-refractivity contribution < 1.29 is 9.18 Å². The second-order valence-electron chi connectivity index (χ2n) is 7.86. The van der Waals surface area contributed by atoms with Crippen LogP contribution in [-0.4, -0.2) is 31.0 Å². The molecular weight excluding hydrogens is 429 g/mol. The summed E-state index contributed by atoms with van der Waals surface area (Å²) in [5, 5.41) is 8.12. The summed E-state index contributed by atoms with van der Waals surface area (Å²) in [5.74, 6) is 0.0800. The molecule has 0 aliphatic carbocycles. The molecule has 2 aromatic heterocycles. The first kappa shape index (κ1) is 20.4. The fourth-order valence-corrected chi connectivity index (χ4v) is 4.93. The van der Waals surface area contributed by atoms with Crippen LogP contribution in [0.2, 0.25) is 0 Å². The minimum Gasteiger partial charge on any atom is -0.326 e. The van der Waals surface area contributed by atoms with E-state index >= 15 is 0 Å². The van der Waals surface area contributed by atoms with Crippen LogP contribution in [-0.2, 0) is 4.79 Å². The van der Waals surface area contributed by atoms with Crippen molar-refractivity contribution in [1.82, 2.24) is 19.3 Å². The third-order valence-corrected chi connectivity index (χ3v) is 6.75. The van der Waals surface area contributed by atoms with E-state index in [2.05, 4.69) is 15.4 Å². The number of nitrogens with zero attached hydrogens (tertiary/aromatic N) is 4. The Morgan fingerprint density at radius 3 is 2.72 bits per heavy atom.